The van der Waals surface area contributed by atoms with E-state index in [-0.39, 0.29) is 0 Å². The number of nitrogens with zero attached hydrogens (tertiary/aromatic N) is 1. The highest BCUT2D eigenvalue weighted by molar-refractivity contribution is 6.21. The Bertz CT molecular complexity index is 2510. The first-order valence-electron chi connectivity index (χ1n) is 15.7. The number of benzene rings is 8. The fraction of sp³-hybridized carbons (Fsp3) is 0. The molecule has 0 atom stereocenters. The van der Waals surface area contributed by atoms with Crippen molar-refractivity contribution in [1.82, 2.24) is 0 Å². The Morgan fingerprint density at radius 2 is 0.978 bits per heavy atom. The van der Waals surface area contributed by atoms with Gasteiger partial charge in [-0.3, -0.25) is 0 Å². The Kier molecular flexibility index (Phi) is 6.17. The zero-order valence-corrected chi connectivity index (χ0v) is 25.1. The van der Waals surface area contributed by atoms with E-state index in [9.17, 15) is 0 Å². The van der Waals surface area contributed by atoms with Crippen molar-refractivity contribution in [2.45, 2.75) is 0 Å². The standard InChI is InChI=1S/C44H29NO/c1-3-12-30(13-4-1)31-22-24-35(25-23-31)45(34-17-5-2-6-18-34)36-26-27-39-41-28-33-15-8-10-20-38(33)43(44(41)46-42(39)29-36)40-21-11-16-32-14-7-9-19-37(32)40/h1-29H. The van der Waals surface area contributed by atoms with Crippen molar-refractivity contribution < 1.29 is 4.42 Å². The van der Waals surface area contributed by atoms with Crippen LogP contribution < -0.4 is 4.90 Å². The monoisotopic (exact) mass is 587 g/mol. The van der Waals surface area contributed by atoms with Gasteiger partial charge in [-0.25, -0.2) is 0 Å². The molecule has 0 aliphatic heterocycles. The molecule has 0 aliphatic rings. The van der Waals surface area contributed by atoms with E-state index in [0.29, 0.717) is 0 Å². The molecule has 0 aliphatic carbocycles. The molecule has 46 heavy (non-hydrogen) atoms. The molecular weight excluding hydrogens is 558 g/mol. The van der Waals surface area contributed by atoms with Gasteiger partial charge in [-0.05, 0) is 80.7 Å². The van der Waals surface area contributed by atoms with Crippen molar-refractivity contribution in [2.24, 2.45) is 0 Å². The maximum absolute atomic E-state index is 6.91. The van der Waals surface area contributed by atoms with Crippen LogP contribution in [0.1, 0.15) is 0 Å². The van der Waals surface area contributed by atoms with E-state index in [1.54, 1.807) is 0 Å². The minimum absolute atomic E-state index is 0.867. The van der Waals surface area contributed by atoms with Gasteiger partial charge in [0.15, 0.2) is 0 Å². The van der Waals surface area contributed by atoms with Crippen LogP contribution in [0.4, 0.5) is 17.1 Å². The topological polar surface area (TPSA) is 16.4 Å². The second-order valence-electron chi connectivity index (χ2n) is 11.7. The minimum atomic E-state index is 0.867. The Morgan fingerprint density at radius 3 is 1.78 bits per heavy atom. The summed E-state index contributed by atoms with van der Waals surface area (Å²) in [5.41, 5.74) is 9.73. The number of furan rings is 1. The van der Waals surface area contributed by atoms with Crippen LogP contribution in [-0.2, 0) is 0 Å². The molecule has 0 saturated heterocycles. The SMILES string of the molecule is c1ccc(-c2ccc(N(c3ccccc3)c3ccc4c(c3)oc3c(-c5cccc6ccccc56)c5ccccc5cc34)cc2)cc1. The molecule has 0 saturated carbocycles. The molecular formula is C44H29NO. The quantitative estimate of drug-likeness (QED) is 0.199. The fourth-order valence-corrected chi connectivity index (χ4v) is 6.87. The highest BCUT2D eigenvalue weighted by Crippen LogP contribution is 2.45. The van der Waals surface area contributed by atoms with Gasteiger partial charge in [0.1, 0.15) is 11.2 Å². The molecule has 0 unspecified atom stereocenters. The average Bonchev–Trinajstić information content (AvgIpc) is 3.49. The summed E-state index contributed by atoms with van der Waals surface area (Å²) in [5.74, 6) is 0. The first-order chi connectivity index (χ1) is 22.8. The van der Waals surface area contributed by atoms with Gasteiger partial charge < -0.3 is 9.32 Å². The van der Waals surface area contributed by atoms with Gasteiger partial charge in [-0.15, -0.1) is 0 Å². The summed E-state index contributed by atoms with van der Waals surface area (Å²) in [6, 6.07) is 62.5. The molecule has 216 valence electrons. The normalized spacial score (nSPS) is 11.5. The van der Waals surface area contributed by atoms with Crippen LogP contribution in [0.3, 0.4) is 0 Å². The predicted octanol–water partition coefficient (Wildman–Crippen LogP) is 12.7. The fourth-order valence-electron chi connectivity index (χ4n) is 6.87. The van der Waals surface area contributed by atoms with Crippen LogP contribution in [0.15, 0.2) is 180 Å². The molecule has 1 heterocycles. The largest absolute Gasteiger partial charge is 0.455 e. The van der Waals surface area contributed by atoms with Gasteiger partial charge in [0.25, 0.3) is 0 Å². The van der Waals surface area contributed by atoms with E-state index < -0.39 is 0 Å². The molecule has 1 aromatic heterocycles. The van der Waals surface area contributed by atoms with Crippen molar-refractivity contribution in [3.8, 4) is 22.3 Å². The van der Waals surface area contributed by atoms with E-state index >= 15 is 0 Å². The van der Waals surface area contributed by atoms with E-state index in [1.807, 2.05) is 0 Å². The van der Waals surface area contributed by atoms with Gasteiger partial charge in [-0.2, -0.15) is 0 Å². The maximum atomic E-state index is 6.91. The third-order valence-electron chi connectivity index (χ3n) is 9.03. The summed E-state index contributed by atoms with van der Waals surface area (Å²) < 4.78 is 6.91. The number of hydrogen-bond acceptors (Lipinski definition) is 2. The number of anilines is 3. The molecule has 9 rings (SSSR count). The molecule has 8 aromatic carbocycles. The predicted molar refractivity (Wildman–Crippen MR) is 194 cm³/mol. The number of hydrogen-bond donors (Lipinski definition) is 0. The van der Waals surface area contributed by atoms with Crippen LogP contribution in [0.2, 0.25) is 0 Å². The van der Waals surface area contributed by atoms with Crippen molar-refractivity contribution in [3.05, 3.63) is 176 Å². The molecule has 0 N–H and O–H groups in total. The second-order valence-corrected chi connectivity index (χ2v) is 11.7. The average molecular weight is 588 g/mol. The Morgan fingerprint density at radius 1 is 0.370 bits per heavy atom. The van der Waals surface area contributed by atoms with E-state index in [1.165, 1.54) is 38.2 Å². The molecule has 0 fully saturated rings. The van der Waals surface area contributed by atoms with E-state index in [0.717, 1.165) is 44.6 Å². The lowest BCUT2D eigenvalue weighted by Crippen LogP contribution is -2.09. The van der Waals surface area contributed by atoms with E-state index in [2.05, 4.69) is 181 Å². The summed E-state index contributed by atoms with van der Waals surface area (Å²) in [4.78, 5) is 2.30. The summed E-state index contributed by atoms with van der Waals surface area (Å²) in [5, 5.41) is 7.07. The van der Waals surface area contributed by atoms with Gasteiger partial charge in [0.05, 0.1) is 0 Å². The van der Waals surface area contributed by atoms with Crippen LogP contribution in [0, 0.1) is 0 Å². The summed E-state index contributed by atoms with van der Waals surface area (Å²) in [6.45, 7) is 0. The smallest absolute Gasteiger partial charge is 0.143 e. The van der Waals surface area contributed by atoms with E-state index in [4.69, 9.17) is 4.42 Å². The molecule has 0 bridgehead atoms. The second kappa shape index (κ2) is 10.8. The lowest BCUT2D eigenvalue weighted by atomic mass is 9.92. The zero-order chi connectivity index (χ0) is 30.5. The summed E-state index contributed by atoms with van der Waals surface area (Å²) in [6.07, 6.45) is 0. The summed E-state index contributed by atoms with van der Waals surface area (Å²) >= 11 is 0. The molecule has 0 amide bonds. The zero-order valence-electron chi connectivity index (χ0n) is 25.1. The first kappa shape index (κ1) is 26.3. The first-order valence-corrected chi connectivity index (χ1v) is 15.7. The number of para-hydroxylation sites is 1. The molecule has 0 spiro atoms. The number of rotatable bonds is 5. The van der Waals surface area contributed by atoms with Crippen molar-refractivity contribution >= 4 is 60.5 Å². The lowest BCUT2D eigenvalue weighted by Gasteiger charge is -2.25. The third-order valence-corrected chi connectivity index (χ3v) is 9.03. The molecule has 0 radical (unpaired) electrons. The van der Waals surface area contributed by atoms with Gasteiger partial charge in [0.2, 0.25) is 0 Å². The van der Waals surface area contributed by atoms with Crippen LogP contribution in [0.5, 0.6) is 0 Å². The summed E-state index contributed by atoms with van der Waals surface area (Å²) in [7, 11) is 0. The van der Waals surface area contributed by atoms with Crippen LogP contribution >= 0.6 is 0 Å². The molecule has 2 heteroatoms. The van der Waals surface area contributed by atoms with Gasteiger partial charge in [0, 0.05) is 39.5 Å². The minimum Gasteiger partial charge on any atom is -0.455 e. The van der Waals surface area contributed by atoms with Gasteiger partial charge >= 0.3 is 0 Å². The van der Waals surface area contributed by atoms with Crippen molar-refractivity contribution in [2.75, 3.05) is 4.90 Å². The highest BCUT2D eigenvalue weighted by atomic mass is 16.3. The highest BCUT2D eigenvalue weighted by Gasteiger charge is 2.20. The molecule has 2 nitrogen and oxygen atoms in total. The Labute approximate surface area is 267 Å². The maximum Gasteiger partial charge on any atom is 0.143 e. The van der Waals surface area contributed by atoms with Crippen molar-refractivity contribution in [3.63, 3.8) is 0 Å². The van der Waals surface area contributed by atoms with Crippen LogP contribution in [0.25, 0.3) is 65.7 Å². The van der Waals surface area contributed by atoms with Gasteiger partial charge in [-0.1, -0.05) is 127 Å². The Balaban J connectivity index is 1.25. The molecule has 9 aromatic rings. The Hall–Kier alpha value is -6.12. The number of fused-ring (bicyclic) bond motifs is 5. The van der Waals surface area contributed by atoms with Crippen LogP contribution in [-0.4, -0.2) is 0 Å². The lowest BCUT2D eigenvalue weighted by molar-refractivity contribution is 0.670. The third kappa shape index (κ3) is 4.35. The van der Waals surface area contributed by atoms with Crippen molar-refractivity contribution in [1.29, 1.82) is 0 Å².